The summed E-state index contributed by atoms with van der Waals surface area (Å²) >= 11 is 5.50. The third-order valence-electron chi connectivity index (χ3n) is 1.59. The van der Waals surface area contributed by atoms with Crippen molar-refractivity contribution in [3.63, 3.8) is 0 Å². The second-order valence-electron chi connectivity index (χ2n) is 2.53. The first-order valence-corrected chi connectivity index (χ1v) is 3.89. The predicted octanol–water partition coefficient (Wildman–Crippen LogP) is 2.74. The van der Waals surface area contributed by atoms with Gasteiger partial charge < -0.3 is 5.73 Å². The van der Waals surface area contributed by atoms with Crippen molar-refractivity contribution in [2.24, 2.45) is 5.73 Å². The molecule has 13 heavy (non-hydrogen) atoms. The summed E-state index contributed by atoms with van der Waals surface area (Å²) in [4.78, 5) is 0. The summed E-state index contributed by atoms with van der Waals surface area (Å²) in [7, 11) is 0. The molecule has 1 atom stereocenters. The maximum atomic E-state index is 12.9. The van der Waals surface area contributed by atoms with Crippen molar-refractivity contribution >= 4 is 11.6 Å². The largest absolute Gasteiger partial charge is 0.319 e. The van der Waals surface area contributed by atoms with E-state index in [1.54, 1.807) is 0 Å². The Kier molecular flexibility index (Phi) is 3.17. The molecule has 0 spiro atoms. The van der Waals surface area contributed by atoms with Crippen molar-refractivity contribution in [1.29, 1.82) is 0 Å². The van der Waals surface area contributed by atoms with E-state index in [-0.39, 0.29) is 10.6 Å². The minimum absolute atomic E-state index is 0.188. The second-order valence-corrected chi connectivity index (χ2v) is 2.96. The zero-order valence-corrected chi connectivity index (χ0v) is 7.23. The Morgan fingerprint density at radius 3 is 2.46 bits per heavy atom. The van der Waals surface area contributed by atoms with Gasteiger partial charge in [-0.2, -0.15) is 0 Å². The lowest BCUT2D eigenvalue weighted by atomic mass is 10.1. The molecule has 1 aromatic rings. The number of alkyl halides is 2. The number of hydrogen-bond acceptors (Lipinski definition) is 1. The maximum absolute atomic E-state index is 12.9. The van der Waals surface area contributed by atoms with E-state index >= 15 is 0 Å². The predicted molar refractivity (Wildman–Crippen MR) is 44.3 cm³/mol. The Bertz CT molecular complexity index is 303. The second kappa shape index (κ2) is 3.98. The third kappa shape index (κ3) is 2.35. The lowest BCUT2D eigenvalue weighted by Crippen LogP contribution is -2.20. The SMILES string of the molecule is NC(c1cc(Cl)ccc1F)C(F)F. The van der Waals surface area contributed by atoms with Crippen LogP contribution in [0.1, 0.15) is 11.6 Å². The highest BCUT2D eigenvalue weighted by molar-refractivity contribution is 6.30. The highest BCUT2D eigenvalue weighted by atomic mass is 35.5. The monoisotopic (exact) mass is 209 g/mol. The molecule has 2 N–H and O–H groups in total. The summed E-state index contributed by atoms with van der Waals surface area (Å²) in [6, 6.07) is 1.77. The molecule has 0 aliphatic carbocycles. The van der Waals surface area contributed by atoms with Gasteiger partial charge in [-0.15, -0.1) is 0 Å². The van der Waals surface area contributed by atoms with Crippen LogP contribution in [0, 0.1) is 5.82 Å². The van der Waals surface area contributed by atoms with E-state index in [0.29, 0.717) is 0 Å². The van der Waals surface area contributed by atoms with E-state index < -0.39 is 18.3 Å². The molecule has 72 valence electrons. The van der Waals surface area contributed by atoms with Gasteiger partial charge in [0.1, 0.15) is 5.82 Å². The summed E-state index contributed by atoms with van der Waals surface area (Å²) in [5.41, 5.74) is 4.80. The van der Waals surface area contributed by atoms with E-state index in [2.05, 4.69) is 0 Å². The van der Waals surface area contributed by atoms with E-state index in [1.165, 1.54) is 6.07 Å². The fraction of sp³-hybridized carbons (Fsp3) is 0.250. The van der Waals surface area contributed by atoms with Gasteiger partial charge in [0.05, 0.1) is 6.04 Å². The van der Waals surface area contributed by atoms with Crippen molar-refractivity contribution in [3.05, 3.63) is 34.6 Å². The van der Waals surface area contributed by atoms with Gasteiger partial charge in [0.15, 0.2) is 0 Å². The van der Waals surface area contributed by atoms with Gasteiger partial charge in [-0.3, -0.25) is 0 Å². The summed E-state index contributed by atoms with van der Waals surface area (Å²) in [6.07, 6.45) is -2.80. The van der Waals surface area contributed by atoms with Crippen LogP contribution >= 0.6 is 11.6 Å². The van der Waals surface area contributed by atoms with Crippen molar-refractivity contribution in [3.8, 4) is 0 Å². The summed E-state index contributed by atoms with van der Waals surface area (Å²) in [5.74, 6) is -0.766. The molecule has 1 rings (SSSR count). The van der Waals surface area contributed by atoms with E-state index in [4.69, 9.17) is 17.3 Å². The van der Waals surface area contributed by atoms with Crippen LogP contribution < -0.4 is 5.73 Å². The van der Waals surface area contributed by atoms with E-state index in [0.717, 1.165) is 12.1 Å². The van der Waals surface area contributed by atoms with Crippen LogP contribution in [0.25, 0.3) is 0 Å². The fourth-order valence-corrected chi connectivity index (χ4v) is 1.09. The molecule has 0 aliphatic rings. The number of benzene rings is 1. The van der Waals surface area contributed by atoms with Gasteiger partial charge in [-0.1, -0.05) is 11.6 Å². The van der Waals surface area contributed by atoms with Crippen molar-refractivity contribution in [2.75, 3.05) is 0 Å². The van der Waals surface area contributed by atoms with Gasteiger partial charge in [0, 0.05) is 10.6 Å². The van der Waals surface area contributed by atoms with Gasteiger partial charge in [-0.05, 0) is 18.2 Å². The number of hydrogen-bond donors (Lipinski definition) is 1. The lowest BCUT2D eigenvalue weighted by Gasteiger charge is -2.11. The molecule has 0 heterocycles. The molecular weight excluding hydrogens is 203 g/mol. The number of halogens is 4. The van der Waals surface area contributed by atoms with E-state index in [9.17, 15) is 13.2 Å². The summed E-state index contributed by atoms with van der Waals surface area (Å²) < 4.78 is 37.1. The zero-order valence-electron chi connectivity index (χ0n) is 6.48. The average molecular weight is 210 g/mol. The highest BCUT2D eigenvalue weighted by Gasteiger charge is 2.20. The standard InChI is InChI=1S/C8H7ClF3N/c9-4-1-2-6(10)5(3-4)7(13)8(11)12/h1-3,7-8H,13H2. The lowest BCUT2D eigenvalue weighted by molar-refractivity contribution is 0.115. The highest BCUT2D eigenvalue weighted by Crippen LogP contribution is 2.23. The molecule has 1 aromatic carbocycles. The quantitative estimate of drug-likeness (QED) is 0.796. The molecule has 1 unspecified atom stereocenters. The first-order chi connectivity index (χ1) is 6.02. The fourth-order valence-electron chi connectivity index (χ4n) is 0.906. The minimum Gasteiger partial charge on any atom is -0.319 e. The summed E-state index contributed by atoms with van der Waals surface area (Å²) in [6.45, 7) is 0. The average Bonchev–Trinajstić information content (AvgIpc) is 2.08. The van der Waals surface area contributed by atoms with Crippen LogP contribution in [0.5, 0.6) is 0 Å². The number of rotatable bonds is 2. The van der Waals surface area contributed by atoms with Crippen molar-refractivity contribution in [2.45, 2.75) is 12.5 Å². The first kappa shape index (κ1) is 10.3. The maximum Gasteiger partial charge on any atom is 0.257 e. The topological polar surface area (TPSA) is 26.0 Å². The van der Waals surface area contributed by atoms with Crippen LogP contribution in [0.15, 0.2) is 18.2 Å². The van der Waals surface area contributed by atoms with Crippen LogP contribution in [0.4, 0.5) is 13.2 Å². The van der Waals surface area contributed by atoms with Crippen LogP contribution in [0.3, 0.4) is 0 Å². The Morgan fingerprint density at radius 1 is 1.31 bits per heavy atom. The molecule has 0 fully saturated rings. The van der Waals surface area contributed by atoms with Gasteiger partial charge in [-0.25, -0.2) is 13.2 Å². The molecule has 0 bridgehead atoms. The molecule has 0 amide bonds. The molecule has 0 aromatic heterocycles. The number of nitrogens with two attached hydrogens (primary N) is 1. The van der Waals surface area contributed by atoms with Crippen LogP contribution in [0.2, 0.25) is 5.02 Å². The molecule has 5 heteroatoms. The third-order valence-corrected chi connectivity index (χ3v) is 1.82. The van der Waals surface area contributed by atoms with E-state index in [1.807, 2.05) is 0 Å². The van der Waals surface area contributed by atoms with Crippen molar-refractivity contribution in [1.82, 2.24) is 0 Å². The van der Waals surface area contributed by atoms with Crippen LogP contribution in [-0.2, 0) is 0 Å². The summed E-state index contributed by atoms with van der Waals surface area (Å²) in [5, 5.41) is 0.188. The Morgan fingerprint density at radius 2 is 1.92 bits per heavy atom. The normalized spacial score (nSPS) is 13.4. The van der Waals surface area contributed by atoms with Crippen LogP contribution in [-0.4, -0.2) is 6.43 Å². The Labute approximate surface area is 78.3 Å². The minimum atomic E-state index is -2.80. The van der Waals surface area contributed by atoms with Gasteiger partial charge >= 0.3 is 0 Å². The van der Waals surface area contributed by atoms with Gasteiger partial charge in [0.2, 0.25) is 0 Å². The Balaban J connectivity index is 3.05. The zero-order chi connectivity index (χ0) is 10.0. The van der Waals surface area contributed by atoms with Gasteiger partial charge in [0.25, 0.3) is 6.43 Å². The Hall–Kier alpha value is -0.740. The molecule has 0 aliphatic heterocycles. The molecular formula is C8H7ClF3N. The van der Waals surface area contributed by atoms with Crippen molar-refractivity contribution < 1.29 is 13.2 Å². The first-order valence-electron chi connectivity index (χ1n) is 3.51. The molecule has 0 radical (unpaired) electrons. The molecule has 1 nitrogen and oxygen atoms in total. The molecule has 0 saturated heterocycles. The smallest absolute Gasteiger partial charge is 0.257 e. The molecule has 0 saturated carbocycles.